The van der Waals surface area contributed by atoms with Gasteiger partial charge in [-0.1, -0.05) is 237 Å². The molecule has 0 aromatic heterocycles. The molecule has 0 aliphatic rings. The molecule has 0 aliphatic heterocycles. The zero-order valence-corrected chi connectivity index (χ0v) is 48.8. The van der Waals surface area contributed by atoms with E-state index in [2.05, 4.69) is 148 Å². The number of likely N-dealkylation sites (N-methyl/N-ethyl adjacent to an activating group) is 1. The molecule has 0 fully saturated rings. The average molecular weight is 1060 g/mol. The minimum absolute atomic E-state index is 0.140. The van der Waals surface area contributed by atoms with Crippen LogP contribution < -0.4 is 5.11 Å². The summed E-state index contributed by atoms with van der Waals surface area (Å²) in [5, 5.41) is 11.7. The molecule has 430 valence electrons. The monoisotopic (exact) mass is 1060 g/mol. The molecule has 0 rings (SSSR count). The van der Waals surface area contributed by atoms with Gasteiger partial charge in [0.05, 0.1) is 40.3 Å². The summed E-state index contributed by atoms with van der Waals surface area (Å²) in [5.74, 6) is -2.31. The Morgan fingerprint density at radius 2 is 0.750 bits per heavy atom. The summed E-state index contributed by atoms with van der Waals surface area (Å²) in [6.45, 7) is 4.58. The number of nitrogens with zero attached hydrogens (tertiary/aromatic N) is 1. The summed E-state index contributed by atoms with van der Waals surface area (Å²) in [5.41, 5.74) is 0. The highest BCUT2D eigenvalue weighted by molar-refractivity contribution is 5.70. The molecule has 0 aromatic rings. The fourth-order valence-electron chi connectivity index (χ4n) is 7.60. The lowest BCUT2D eigenvalue weighted by Crippen LogP contribution is -2.44. The first-order valence-corrected chi connectivity index (χ1v) is 29.8. The van der Waals surface area contributed by atoms with Crippen molar-refractivity contribution < 1.29 is 42.9 Å². The van der Waals surface area contributed by atoms with Crippen molar-refractivity contribution in [1.82, 2.24) is 0 Å². The molecule has 0 saturated heterocycles. The van der Waals surface area contributed by atoms with E-state index in [-0.39, 0.29) is 38.6 Å². The lowest BCUT2D eigenvalue weighted by Gasteiger charge is -2.26. The van der Waals surface area contributed by atoms with Crippen LogP contribution in [0.25, 0.3) is 0 Å². The second-order valence-corrected chi connectivity index (χ2v) is 20.6. The molecule has 2 atom stereocenters. The van der Waals surface area contributed by atoms with Crippen molar-refractivity contribution in [2.24, 2.45) is 0 Å². The maximum atomic E-state index is 12.8. The van der Waals surface area contributed by atoms with Gasteiger partial charge in [0.2, 0.25) is 0 Å². The first-order valence-electron chi connectivity index (χ1n) is 29.8. The molecule has 9 heteroatoms. The number of ether oxygens (including phenoxy) is 4. The van der Waals surface area contributed by atoms with Crippen molar-refractivity contribution in [3.63, 3.8) is 0 Å². The minimum atomic E-state index is -1.63. The third kappa shape index (κ3) is 57.1. The van der Waals surface area contributed by atoms with Crippen molar-refractivity contribution in [3.05, 3.63) is 134 Å². The quantitative estimate of drug-likeness (QED) is 0.0195. The second kappa shape index (κ2) is 56.6. The van der Waals surface area contributed by atoms with Crippen molar-refractivity contribution >= 4 is 17.9 Å². The van der Waals surface area contributed by atoms with E-state index in [4.69, 9.17) is 18.9 Å². The van der Waals surface area contributed by atoms with Gasteiger partial charge in [-0.25, -0.2) is 0 Å². The summed E-state index contributed by atoms with van der Waals surface area (Å²) >= 11 is 0. The van der Waals surface area contributed by atoms with Crippen molar-refractivity contribution in [1.29, 1.82) is 0 Å². The van der Waals surface area contributed by atoms with Gasteiger partial charge in [0.15, 0.2) is 12.4 Å². The van der Waals surface area contributed by atoms with Gasteiger partial charge in [-0.15, -0.1) is 0 Å². The largest absolute Gasteiger partial charge is 0.545 e. The van der Waals surface area contributed by atoms with Crippen LogP contribution in [0.2, 0.25) is 0 Å². The maximum absolute atomic E-state index is 12.8. The van der Waals surface area contributed by atoms with Crippen LogP contribution in [0.15, 0.2) is 134 Å². The minimum Gasteiger partial charge on any atom is -0.545 e. The molecule has 76 heavy (non-hydrogen) atoms. The average Bonchev–Trinajstić information content (AvgIpc) is 3.39. The number of unbranched alkanes of at least 4 members (excludes halogenated alkanes) is 16. The predicted octanol–water partition coefficient (Wildman–Crippen LogP) is 16.5. The topological polar surface area (TPSA) is 111 Å². The summed E-state index contributed by atoms with van der Waals surface area (Å²) in [4.78, 5) is 37.1. The summed E-state index contributed by atoms with van der Waals surface area (Å²) in [6, 6.07) is 0. The summed E-state index contributed by atoms with van der Waals surface area (Å²) < 4.78 is 22.6. The van der Waals surface area contributed by atoms with E-state index in [1.165, 1.54) is 64.2 Å². The molecule has 0 N–H and O–H groups in total. The number of esters is 2. The van der Waals surface area contributed by atoms with E-state index in [1.54, 1.807) is 0 Å². The molecule has 0 bridgehead atoms. The van der Waals surface area contributed by atoms with Crippen LogP contribution in [-0.4, -0.2) is 82.3 Å². The van der Waals surface area contributed by atoms with E-state index in [9.17, 15) is 19.5 Å². The number of hydrogen-bond acceptors (Lipinski definition) is 8. The van der Waals surface area contributed by atoms with E-state index in [1.807, 2.05) is 21.1 Å². The lowest BCUT2D eigenvalue weighted by molar-refractivity contribution is -0.870. The third-order valence-electron chi connectivity index (χ3n) is 12.2. The molecule has 9 nitrogen and oxygen atoms in total. The Balaban J connectivity index is 4.14. The highest BCUT2D eigenvalue weighted by atomic mass is 16.7. The molecule has 0 saturated carbocycles. The van der Waals surface area contributed by atoms with Crippen LogP contribution in [0, 0.1) is 0 Å². The molecule has 0 heterocycles. The smallest absolute Gasteiger partial charge is 0.306 e. The number of rotatable bonds is 53. The van der Waals surface area contributed by atoms with E-state index in [0.717, 1.165) is 116 Å². The van der Waals surface area contributed by atoms with Crippen molar-refractivity contribution in [2.45, 2.75) is 225 Å². The fourth-order valence-corrected chi connectivity index (χ4v) is 7.60. The highest BCUT2D eigenvalue weighted by Crippen LogP contribution is 2.14. The Morgan fingerprint density at radius 3 is 1.12 bits per heavy atom. The normalized spacial score (nSPS) is 13.8. The molecule has 0 aromatic carbocycles. The number of carboxylic acid groups (broad SMARTS) is 1. The maximum Gasteiger partial charge on any atom is 0.306 e. The van der Waals surface area contributed by atoms with E-state index >= 15 is 0 Å². The van der Waals surface area contributed by atoms with Crippen LogP contribution in [0.3, 0.4) is 0 Å². The van der Waals surface area contributed by atoms with Gasteiger partial charge >= 0.3 is 11.9 Å². The van der Waals surface area contributed by atoms with Gasteiger partial charge in [-0.2, -0.15) is 0 Å². The molecule has 2 unspecified atom stereocenters. The van der Waals surface area contributed by atoms with E-state index in [0.29, 0.717) is 17.4 Å². The number of carbonyl (C=O) groups is 3. The van der Waals surface area contributed by atoms with Crippen LogP contribution in [-0.2, 0) is 33.3 Å². The van der Waals surface area contributed by atoms with Crippen molar-refractivity contribution in [3.8, 4) is 0 Å². The number of quaternary nitrogens is 1. The Bertz CT molecular complexity index is 1700. The van der Waals surface area contributed by atoms with Gasteiger partial charge < -0.3 is 33.3 Å². The van der Waals surface area contributed by atoms with Crippen LogP contribution >= 0.6 is 0 Å². The number of aliphatic carboxylic acids is 1. The highest BCUT2D eigenvalue weighted by Gasteiger charge is 2.22. The molecule has 0 amide bonds. The van der Waals surface area contributed by atoms with Crippen LogP contribution in [0.4, 0.5) is 0 Å². The SMILES string of the molecule is CC/C=C\C/C=C\C/C=C\C/C=C\C/C=C\C/C=C\C/C=C\C/C=C\C/C=C\C/C=C\C/C=C\CCCCCCCCCC(=O)OC(COC(=O)CCCCCCCCCCCC)COC(OCC[N+](C)(C)C)C(=O)[O-]. The lowest BCUT2D eigenvalue weighted by atomic mass is 10.1. The standard InChI is InChI=1S/C67H109NO8/c1-6-8-10-12-14-16-18-19-20-21-22-23-24-25-26-27-28-29-30-31-32-33-34-35-36-37-38-39-40-41-42-43-44-45-46-47-48-50-52-54-56-58-65(70)76-63(62-75-67(66(71)72)73-60-59-68(3,4)5)61-74-64(69)57-55-53-51-49-17-15-13-11-9-7-2/h8,10,14,16,19-20,22-23,25-26,28-29,31-32,34-35,37-38,40-41,43-44,63,67H,6-7,9,11-13,15,17-18,21,24,27,30,33,36,39,42,45-62H2,1-5H3/b10-8-,16-14-,20-19-,23-22-,26-25-,29-28-,32-31-,35-34-,38-37-,41-40-,44-43-. The Kier molecular flexibility index (Phi) is 53.2. The number of hydrogen-bond donors (Lipinski definition) is 0. The second-order valence-electron chi connectivity index (χ2n) is 20.6. The van der Waals surface area contributed by atoms with Gasteiger partial charge in [0.25, 0.3) is 0 Å². The van der Waals surface area contributed by atoms with Crippen LogP contribution in [0.5, 0.6) is 0 Å². The number of carboxylic acids is 1. The van der Waals surface area contributed by atoms with Gasteiger partial charge in [0, 0.05) is 12.8 Å². The van der Waals surface area contributed by atoms with Crippen LogP contribution in [0.1, 0.15) is 213 Å². The van der Waals surface area contributed by atoms with Gasteiger partial charge in [-0.3, -0.25) is 9.59 Å². The van der Waals surface area contributed by atoms with Gasteiger partial charge in [-0.05, 0) is 96.3 Å². The fraction of sp³-hybridized carbons (Fsp3) is 0.627. The Labute approximate surface area is 465 Å². The zero-order valence-electron chi connectivity index (χ0n) is 48.8. The van der Waals surface area contributed by atoms with E-state index < -0.39 is 24.3 Å². The molecular weight excluding hydrogens is 947 g/mol. The number of carbonyl (C=O) groups excluding carboxylic acids is 3. The Morgan fingerprint density at radius 1 is 0.408 bits per heavy atom. The molecular formula is C67H109NO8. The van der Waals surface area contributed by atoms with Crippen molar-refractivity contribution in [2.75, 3.05) is 47.5 Å². The summed E-state index contributed by atoms with van der Waals surface area (Å²) in [6.07, 6.45) is 78.1. The zero-order chi connectivity index (χ0) is 55.5. The molecule has 0 aliphatic carbocycles. The predicted molar refractivity (Wildman–Crippen MR) is 319 cm³/mol. The first-order chi connectivity index (χ1) is 37.1. The summed E-state index contributed by atoms with van der Waals surface area (Å²) in [7, 11) is 5.90. The molecule has 0 spiro atoms. The first kappa shape index (κ1) is 71.4. The molecule has 0 radical (unpaired) electrons. The third-order valence-corrected chi connectivity index (χ3v) is 12.2. The Hall–Kier alpha value is -4.57. The van der Waals surface area contributed by atoms with Gasteiger partial charge in [0.1, 0.15) is 13.2 Å². The number of allylic oxidation sites excluding steroid dienone is 22.